The maximum Gasteiger partial charge on any atom is -0.0398 e. The Balaban J connectivity index is 0.000000633. The number of aromatic nitrogens is 4. The van der Waals surface area contributed by atoms with Crippen LogP contribution in [0.4, 0.5) is 13.2 Å². The molecule has 0 aliphatic carbocycles. The molecule has 4 aromatic rings. The first-order valence-corrected chi connectivity index (χ1v) is 23.2. The molecule has 0 radical (unpaired) electrons. The number of hydrogen-bond donors (Lipinski definition) is 0. The number of benzene rings is 2. The number of alkyl halides is 3. The maximum atomic E-state index is 13.8. The van der Waals surface area contributed by atoms with Gasteiger partial charge in [0, 0.05) is 0 Å². The first-order chi connectivity index (χ1) is 20.5. The number of halogens is 5. The number of hydrogen-bond acceptors (Lipinski definition) is 3. The number of nitrogens with zero attached hydrogens (tertiary/aromatic N) is 4. The van der Waals surface area contributed by atoms with Crippen LogP contribution in [-0.4, -0.2) is 37.9 Å². The van der Waals surface area contributed by atoms with Crippen molar-refractivity contribution in [2.24, 2.45) is 0 Å². The minimum atomic E-state index is -4.63. The number of imidazole rings is 1. The first-order valence-electron chi connectivity index (χ1n) is 15.0. The predicted octanol–water partition coefficient (Wildman–Crippen LogP) is 10.7. The standard InChI is InChI=1S/C14H6Cl2F3N4.C7H8.3C4H9.Sn/c15-9-2-1-8(5-10(9)16)11-6-12(14(17,18)19)22-13(21-11)23-4-3-20-7-23;1-7-5-3-2-4-6-7;3*1-3-4-2;/h1-2,4-7H;2-6H,1H3;3*1,3-4H2,2H3;. The van der Waals surface area contributed by atoms with E-state index in [0.717, 1.165) is 48.3 Å². The van der Waals surface area contributed by atoms with Gasteiger partial charge in [0.2, 0.25) is 0 Å². The zero-order chi connectivity index (χ0) is 31.5. The molecule has 4 rings (SSSR count). The molecule has 2 aromatic carbocycles. The van der Waals surface area contributed by atoms with Crippen LogP contribution in [0.1, 0.15) is 70.6 Å². The second-order valence-corrected chi connectivity index (χ2v) is 24.8. The van der Waals surface area contributed by atoms with E-state index in [4.69, 9.17) is 28.2 Å². The zero-order valence-electron chi connectivity index (χ0n) is 25.4. The summed E-state index contributed by atoms with van der Waals surface area (Å²) < 4.78 is 47.6. The molecule has 0 aliphatic rings. The van der Waals surface area contributed by atoms with Gasteiger partial charge in [0.05, 0.1) is 0 Å². The van der Waals surface area contributed by atoms with Crippen molar-refractivity contribution < 1.29 is 13.2 Å². The molecule has 43 heavy (non-hydrogen) atoms. The van der Waals surface area contributed by atoms with Crippen LogP contribution < -0.4 is 3.71 Å². The monoisotopic (exact) mass is 740 g/mol. The molecule has 2 heterocycles. The van der Waals surface area contributed by atoms with Gasteiger partial charge in [0.1, 0.15) is 0 Å². The molecule has 0 saturated carbocycles. The van der Waals surface area contributed by atoms with Gasteiger partial charge in [0.15, 0.2) is 0 Å². The second kappa shape index (κ2) is 16.8. The van der Waals surface area contributed by atoms with Gasteiger partial charge >= 0.3 is 226 Å². The molecular weight excluding hydrogens is 699 g/mol. The quantitative estimate of drug-likeness (QED) is 0.136. The van der Waals surface area contributed by atoms with E-state index >= 15 is 0 Å². The molecule has 0 atom stereocenters. The third-order valence-corrected chi connectivity index (χ3v) is 23.3. The van der Waals surface area contributed by atoms with Crippen molar-refractivity contribution in [3.8, 4) is 17.2 Å². The van der Waals surface area contributed by atoms with E-state index in [9.17, 15) is 13.2 Å². The largest absolute Gasteiger partial charge is 0.0622 e. The summed E-state index contributed by atoms with van der Waals surface area (Å²) >= 11 is 9.26. The van der Waals surface area contributed by atoms with Gasteiger partial charge in [-0.15, -0.1) is 0 Å². The molecule has 0 saturated heterocycles. The minimum Gasteiger partial charge on any atom is -0.0622 e. The van der Waals surface area contributed by atoms with Gasteiger partial charge in [0.25, 0.3) is 0 Å². The zero-order valence-corrected chi connectivity index (χ0v) is 29.8. The van der Waals surface area contributed by atoms with E-state index in [1.807, 2.05) is 24.4 Å². The van der Waals surface area contributed by atoms with E-state index < -0.39 is 30.2 Å². The summed E-state index contributed by atoms with van der Waals surface area (Å²) in [6, 6.07) is 15.9. The normalized spacial score (nSPS) is 11.7. The van der Waals surface area contributed by atoms with Crippen LogP contribution in [0.3, 0.4) is 0 Å². The van der Waals surface area contributed by atoms with Crippen LogP contribution in [0.15, 0.2) is 67.1 Å². The topological polar surface area (TPSA) is 43.6 Å². The summed E-state index contributed by atoms with van der Waals surface area (Å²) in [6.07, 6.45) is 5.74. The number of rotatable bonds is 12. The molecule has 0 N–H and O–H groups in total. The molecular formula is C33H41Cl2F3N4Sn. The van der Waals surface area contributed by atoms with Gasteiger partial charge in [-0.2, -0.15) is 0 Å². The molecule has 4 nitrogen and oxygen atoms in total. The summed E-state index contributed by atoms with van der Waals surface area (Å²) in [5.74, 6) is -0.0497. The van der Waals surface area contributed by atoms with Crippen LogP contribution in [0.5, 0.6) is 0 Å². The SMILES string of the molecule is CCC[CH2][Sn]([CH2]CCC)([CH2]CCC)[c]1cn(-c2nc(-c3ccc(Cl)c(Cl)c3)cc(C(F)(F)F)n2)cn1.Cc1ccccc1. The van der Waals surface area contributed by atoms with E-state index in [1.165, 1.54) is 24.9 Å². The molecule has 0 aliphatic heterocycles. The Morgan fingerprint density at radius 3 is 1.88 bits per heavy atom. The molecule has 10 heteroatoms. The van der Waals surface area contributed by atoms with Gasteiger partial charge < -0.3 is 0 Å². The number of unbranched alkanes of at least 4 members (excludes halogenated alkanes) is 3. The predicted molar refractivity (Wildman–Crippen MR) is 175 cm³/mol. The van der Waals surface area contributed by atoms with Crippen LogP contribution in [0.25, 0.3) is 17.2 Å². The minimum absolute atomic E-state index is 0.0497. The van der Waals surface area contributed by atoms with Gasteiger partial charge in [-0.25, -0.2) is 0 Å². The summed E-state index contributed by atoms with van der Waals surface area (Å²) in [7, 11) is 0. The fraction of sp³-hybridized carbons (Fsp3) is 0.424. The van der Waals surface area contributed by atoms with E-state index in [-0.39, 0.29) is 16.7 Å². The average Bonchev–Trinajstić information content (AvgIpc) is 3.50. The van der Waals surface area contributed by atoms with Crippen molar-refractivity contribution in [2.45, 2.75) is 85.7 Å². The van der Waals surface area contributed by atoms with Crippen molar-refractivity contribution in [2.75, 3.05) is 0 Å². The third kappa shape index (κ3) is 10.2. The summed E-state index contributed by atoms with van der Waals surface area (Å²) in [6.45, 7) is 8.70. The Hall–Kier alpha value is -2.10. The Morgan fingerprint density at radius 2 is 1.40 bits per heavy atom. The van der Waals surface area contributed by atoms with Gasteiger partial charge in [-0.3, -0.25) is 0 Å². The Kier molecular flexibility index (Phi) is 13.8. The van der Waals surface area contributed by atoms with Crippen LogP contribution >= 0.6 is 23.2 Å². The molecule has 2 aromatic heterocycles. The van der Waals surface area contributed by atoms with Gasteiger partial charge in [-0.05, 0) is 6.92 Å². The molecule has 0 spiro atoms. The fourth-order valence-corrected chi connectivity index (χ4v) is 20.6. The average molecular weight is 740 g/mol. The van der Waals surface area contributed by atoms with Crippen LogP contribution in [-0.2, 0) is 6.18 Å². The molecule has 0 amide bonds. The second-order valence-electron chi connectivity index (χ2n) is 11.0. The third-order valence-electron chi connectivity index (χ3n) is 7.54. The molecule has 0 fully saturated rings. The van der Waals surface area contributed by atoms with E-state index in [2.05, 4.69) is 49.8 Å². The fourth-order valence-electron chi connectivity index (χ4n) is 5.04. The van der Waals surface area contributed by atoms with Crippen molar-refractivity contribution >= 4 is 45.3 Å². The molecule has 0 bridgehead atoms. The molecule has 0 unspecified atom stereocenters. The smallest absolute Gasteiger partial charge is 0.0398 e. The van der Waals surface area contributed by atoms with Crippen LogP contribution in [0, 0.1) is 6.92 Å². The summed E-state index contributed by atoms with van der Waals surface area (Å²) in [5, 5.41) is 0.564. The summed E-state index contributed by atoms with van der Waals surface area (Å²) in [4.78, 5) is 13.1. The van der Waals surface area contributed by atoms with Crippen molar-refractivity contribution in [3.05, 3.63) is 88.4 Å². The Labute approximate surface area is 268 Å². The van der Waals surface area contributed by atoms with E-state index in [1.54, 1.807) is 23.0 Å². The number of aryl methyl sites for hydroxylation is 1. The van der Waals surface area contributed by atoms with E-state index in [0.29, 0.717) is 10.6 Å². The van der Waals surface area contributed by atoms with Crippen LogP contribution in [0.2, 0.25) is 23.4 Å². The Morgan fingerprint density at radius 1 is 0.791 bits per heavy atom. The summed E-state index contributed by atoms with van der Waals surface area (Å²) in [5.41, 5.74) is 0.865. The van der Waals surface area contributed by atoms with Crippen molar-refractivity contribution in [3.63, 3.8) is 0 Å². The van der Waals surface area contributed by atoms with Crippen molar-refractivity contribution in [1.82, 2.24) is 19.5 Å². The van der Waals surface area contributed by atoms with Gasteiger partial charge in [-0.1, -0.05) is 35.9 Å². The Bertz CT molecular complexity index is 1410. The molecule has 232 valence electrons. The van der Waals surface area contributed by atoms with Crippen molar-refractivity contribution in [1.29, 1.82) is 0 Å². The maximum absolute atomic E-state index is 13.8. The first kappa shape index (κ1) is 35.4.